The van der Waals surface area contributed by atoms with E-state index in [0.717, 1.165) is 80.3 Å². The molecule has 1 unspecified atom stereocenters. The molecule has 3 fully saturated rings. The molecule has 2 aromatic carbocycles. The van der Waals surface area contributed by atoms with Gasteiger partial charge in [0, 0.05) is 69.2 Å². The molecule has 56 heavy (non-hydrogen) atoms. The van der Waals surface area contributed by atoms with Gasteiger partial charge in [-0.1, -0.05) is 6.07 Å². The van der Waals surface area contributed by atoms with Crippen LogP contribution in [0, 0.1) is 17.2 Å². The molecule has 8 rings (SSSR count). The Morgan fingerprint density at radius 1 is 1.05 bits per heavy atom. The van der Waals surface area contributed by atoms with Crippen molar-refractivity contribution in [3.63, 3.8) is 0 Å². The summed E-state index contributed by atoms with van der Waals surface area (Å²) >= 11 is 0. The van der Waals surface area contributed by atoms with Gasteiger partial charge < -0.3 is 19.9 Å². The van der Waals surface area contributed by atoms with Gasteiger partial charge in [0.15, 0.2) is 0 Å². The Labute approximate surface area is 323 Å². The number of rotatable bonds is 9. The third kappa shape index (κ3) is 7.01. The number of methoxy groups -OCH3 is 1. The van der Waals surface area contributed by atoms with Crippen molar-refractivity contribution in [1.82, 2.24) is 34.1 Å². The first-order valence-electron chi connectivity index (χ1n) is 19.3. The van der Waals surface area contributed by atoms with Gasteiger partial charge in [-0.15, -0.1) is 0 Å². The van der Waals surface area contributed by atoms with Crippen molar-refractivity contribution in [3.8, 4) is 11.8 Å². The van der Waals surface area contributed by atoms with Crippen molar-refractivity contribution in [2.75, 3.05) is 44.0 Å². The molecule has 15 heteroatoms. The predicted molar refractivity (Wildman–Crippen MR) is 211 cm³/mol. The fourth-order valence-corrected chi connectivity index (χ4v) is 8.94. The zero-order valence-electron chi connectivity index (χ0n) is 31.9. The van der Waals surface area contributed by atoms with E-state index >= 15 is 0 Å². The summed E-state index contributed by atoms with van der Waals surface area (Å²) in [6.07, 6.45) is 11.8. The average molecular weight is 759 g/mol. The summed E-state index contributed by atoms with van der Waals surface area (Å²) in [5.41, 5.74) is 4.21. The molecule has 0 bridgehead atoms. The zero-order valence-corrected chi connectivity index (χ0v) is 31.9. The maximum absolute atomic E-state index is 13.5. The van der Waals surface area contributed by atoms with Crippen LogP contribution in [-0.4, -0.2) is 86.4 Å². The summed E-state index contributed by atoms with van der Waals surface area (Å²) in [6, 6.07) is 13.2. The monoisotopic (exact) mass is 758 g/mol. The largest absolute Gasteiger partial charge is 0.494 e. The van der Waals surface area contributed by atoms with E-state index in [9.17, 15) is 24.4 Å². The van der Waals surface area contributed by atoms with Crippen molar-refractivity contribution < 1.29 is 19.1 Å². The Morgan fingerprint density at radius 3 is 2.57 bits per heavy atom. The van der Waals surface area contributed by atoms with Crippen molar-refractivity contribution >= 4 is 51.0 Å². The van der Waals surface area contributed by atoms with E-state index in [-0.39, 0.29) is 29.5 Å². The number of para-hydroxylation sites is 1. The number of aryl methyl sites for hydroxylation is 1. The summed E-state index contributed by atoms with van der Waals surface area (Å²) in [4.78, 5) is 59.8. The van der Waals surface area contributed by atoms with Crippen LogP contribution in [-0.2, 0) is 16.6 Å². The van der Waals surface area contributed by atoms with Crippen LogP contribution in [0.4, 0.5) is 11.4 Å². The number of nitriles is 1. The number of carbonyl (C=O) groups excluding carboxylic acids is 3. The standard InChI is InChI=1S/C41H46N10O5/c1-47(29-13-15-49(16-14-29)33-5-4-6-34-38(33)48(2)41(55)51(34)35-11-12-37(52)45-40(35)54)23-25-7-9-30(10-8-25)50-24-28-18-32(36(56-3)19-31(28)46-50)44-39(53)27-17-26(20-42)21-43-22-27/h4-6,17-19,21-22,24-25,29-30,35H,7-16,23H2,1-3H3,(H,44,53)(H,45,52,54). The van der Waals surface area contributed by atoms with Crippen LogP contribution in [0.1, 0.15) is 79.4 Å². The first kappa shape index (κ1) is 36.9. The third-order valence-corrected chi connectivity index (χ3v) is 12.0. The maximum Gasteiger partial charge on any atom is 0.329 e. The van der Waals surface area contributed by atoms with Crippen LogP contribution in [0.3, 0.4) is 0 Å². The number of nitrogens with zero attached hydrogens (tertiary/aromatic N) is 8. The summed E-state index contributed by atoms with van der Waals surface area (Å²) < 4.78 is 10.9. The Hall–Kier alpha value is -6.01. The summed E-state index contributed by atoms with van der Waals surface area (Å²) in [6.45, 7) is 2.78. The van der Waals surface area contributed by atoms with Crippen LogP contribution in [0.25, 0.3) is 21.9 Å². The molecule has 5 aromatic rings. The number of aromatic nitrogens is 5. The van der Waals surface area contributed by atoms with Gasteiger partial charge in [0.1, 0.15) is 17.9 Å². The highest BCUT2D eigenvalue weighted by Gasteiger charge is 2.33. The quantitative estimate of drug-likeness (QED) is 0.204. The zero-order chi connectivity index (χ0) is 39.1. The first-order chi connectivity index (χ1) is 27.1. The van der Waals surface area contributed by atoms with Crippen LogP contribution in [0.15, 0.2) is 59.8 Å². The molecule has 290 valence electrons. The van der Waals surface area contributed by atoms with Gasteiger partial charge in [-0.25, -0.2) is 4.79 Å². The van der Waals surface area contributed by atoms with Gasteiger partial charge >= 0.3 is 5.69 Å². The summed E-state index contributed by atoms with van der Waals surface area (Å²) in [5.74, 6) is 0.00708. The highest BCUT2D eigenvalue weighted by molar-refractivity contribution is 6.06. The van der Waals surface area contributed by atoms with Crippen molar-refractivity contribution in [2.24, 2.45) is 13.0 Å². The number of ether oxygens (including phenoxy) is 1. The SMILES string of the molecule is COc1cc2nn(C3CCC(CN(C)C4CCN(c5cccc6c5n(C)c(=O)n6C5CCC(=O)NC5=O)CC4)CC3)cc2cc1NC(=O)c1cncc(C#N)c1. The molecule has 5 heterocycles. The van der Waals surface area contributed by atoms with E-state index in [1.165, 1.54) is 18.5 Å². The predicted octanol–water partition coefficient (Wildman–Crippen LogP) is 4.53. The Kier molecular flexibility index (Phi) is 10.1. The van der Waals surface area contributed by atoms with E-state index < -0.39 is 11.9 Å². The van der Waals surface area contributed by atoms with Crippen molar-refractivity contribution in [3.05, 3.63) is 76.6 Å². The van der Waals surface area contributed by atoms with Gasteiger partial charge in [-0.2, -0.15) is 10.4 Å². The Balaban J connectivity index is 0.867. The molecule has 1 aliphatic carbocycles. The minimum Gasteiger partial charge on any atom is -0.494 e. The average Bonchev–Trinajstić information content (AvgIpc) is 3.75. The number of piperidine rings is 2. The number of anilines is 2. The normalized spacial score (nSPS) is 20.7. The highest BCUT2D eigenvalue weighted by Crippen LogP contribution is 2.37. The fourth-order valence-electron chi connectivity index (χ4n) is 8.94. The third-order valence-electron chi connectivity index (χ3n) is 12.0. The number of nitrogens with one attached hydrogen (secondary N) is 2. The number of pyridine rings is 1. The van der Waals surface area contributed by atoms with Gasteiger partial charge in [0.25, 0.3) is 5.91 Å². The highest BCUT2D eigenvalue weighted by atomic mass is 16.5. The van der Waals surface area contributed by atoms with Gasteiger partial charge in [-0.05, 0) is 82.2 Å². The second kappa shape index (κ2) is 15.3. The number of hydrogen-bond donors (Lipinski definition) is 2. The number of fused-ring (bicyclic) bond motifs is 2. The number of imide groups is 1. The van der Waals surface area contributed by atoms with Crippen molar-refractivity contribution in [2.45, 2.75) is 69.5 Å². The van der Waals surface area contributed by atoms with E-state index in [0.29, 0.717) is 46.9 Å². The van der Waals surface area contributed by atoms with Gasteiger partial charge in [0.05, 0.1) is 52.2 Å². The number of amides is 3. The Bertz CT molecular complexity index is 2430. The minimum atomic E-state index is -0.703. The molecule has 3 amide bonds. The molecule has 2 saturated heterocycles. The Morgan fingerprint density at radius 2 is 1.84 bits per heavy atom. The molecule has 15 nitrogen and oxygen atoms in total. The number of carbonyl (C=O) groups is 3. The van der Waals surface area contributed by atoms with Crippen LogP contribution < -0.4 is 26.0 Å². The lowest BCUT2D eigenvalue weighted by molar-refractivity contribution is -0.135. The van der Waals surface area contributed by atoms with E-state index in [1.54, 1.807) is 23.3 Å². The second-order valence-corrected chi connectivity index (χ2v) is 15.4. The molecule has 0 spiro atoms. The fraction of sp³-hybridized carbons (Fsp3) is 0.439. The van der Waals surface area contributed by atoms with E-state index in [1.807, 2.05) is 30.3 Å². The topological polar surface area (TPSA) is 172 Å². The smallest absolute Gasteiger partial charge is 0.329 e. The minimum absolute atomic E-state index is 0.214. The molecule has 3 aliphatic rings. The molecule has 2 aliphatic heterocycles. The lowest BCUT2D eigenvalue weighted by Gasteiger charge is -2.40. The maximum atomic E-state index is 13.5. The number of hydrogen-bond acceptors (Lipinski definition) is 10. The number of benzene rings is 2. The lowest BCUT2D eigenvalue weighted by atomic mass is 9.85. The van der Waals surface area contributed by atoms with E-state index in [4.69, 9.17) is 9.84 Å². The first-order valence-corrected chi connectivity index (χ1v) is 19.3. The van der Waals surface area contributed by atoms with Crippen LogP contribution in [0.2, 0.25) is 0 Å². The molecule has 0 radical (unpaired) electrons. The van der Waals surface area contributed by atoms with E-state index in [2.05, 4.69) is 49.4 Å². The molecular formula is C41H46N10O5. The number of imidazole rings is 1. The van der Waals surface area contributed by atoms with Crippen LogP contribution >= 0.6 is 0 Å². The van der Waals surface area contributed by atoms with Gasteiger partial charge in [-0.3, -0.25) is 38.5 Å². The van der Waals surface area contributed by atoms with Crippen molar-refractivity contribution in [1.29, 1.82) is 5.26 Å². The lowest BCUT2D eigenvalue weighted by Crippen LogP contribution is -2.45. The van der Waals surface area contributed by atoms with Gasteiger partial charge in [0.2, 0.25) is 11.8 Å². The molecule has 3 aromatic heterocycles. The second-order valence-electron chi connectivity index (χ2n) is 15.4. The van der Waals surface area contributed by atoms with Crippen LogP contribution in [0.5, 0.6) is 5.75 Å². The summed E-state index contributed by atoms with van der Waals surface area (Å²) in [5, 5.41) is 20.3. The summed E-state index contributed by atoms with van der Waals surface area (Å²) in [7, 11) is 5.57. The molecular weight excluding hydrogens is 713 g/mol. The molecule has 2 N–H and O–H groups in total. The molecule has 1 atom stereocenters. The molecule has 1 saturated carbocycles.